The van der Waals surface area contributed by atoms with Crippen molar-refractivity contribution in [3.05, 3.63) is 29.8 Å². The number of aryl methyl sites for hydroxylation is 1. The first kappa shape index (κ1) is 12.0. The maximum absolute atomic E-state index is 2.98. The fourth-order valence-electron chi connectivity index (χ4n) is 0.781. The van der Waals surface area contributed by atoms with Crippen LogP contribution in [-0.4, -0.2) is 7.05 Å². The standard InChI is InChI=1S/C8H12N2.C3H8/c1-7-3-5-8(6-4-7)10-9-2;1-3-2/h3-6,9-10H,1-2H3;3H2,1-2H3. The molecule has 0 saturated heterocycles. The Bertz CT molecular complexity index is 204. The van der Waals surface area contributed by atoms with Crippen LogP contribution in [0, 0.1) is 6.92 Å². The summed E-state index contributed by atoms with van der Waals surface area (Å²) in [7, 11) is 1.85. The van der Waals surface area contributed by atoms with Gasteiger partial charge in [-0.05, 0) is 19.1 Å². The molecule has 1 aromatic rings. The van der Waals surface area contributed by atoms with Crippen molar-refractivity contribution in [2.24, 2.45) is 0 Å². The summed E-state index contributed by atoms with van der Waals surface area (Å²) in [5.74, 6) is 0. The van der Waals surface area contributed by atoms with Gasteiger partial charge in [-0.15, -0.1) is 0 Å². The summed E-state index contributed by atoms with van der Waals surface area (Å²) in [5, 5.41) is 0. The van der Waals surface area contributed by atoms with Gasteiger partial charge in [-0.2, -0.15) is 0 Å². The molecule has 0 aliphatic heterocycles. The number of hydrazine groups is 1. The predicted molar refractivity (Wildman–Crippen MR) is 59.8 cm³/mol. The van der Waals surface area contributed by atoms with Crippen molar-refractivity contribution in [1.82, 2.24) is 5.43 Å². The van der Waals surface area contributed by atoms with Gasteiger partial charge in [0.05, 0.1) is 0 Å². The molecule has 74 valence electrons. The van der Waals surface area contributed by atoms with Crippen LogP contribution in [-0.2, 0) is 0 Å². The molecule has 13 heavy (non-hydrogen) atoms. The molecule has 0 atom stereocenters. The van der Waals surface area contributed by atoms with Gasteiger partial charge >= 0.3 is 0 Å². The first-order valence-electron chi connectivity index (χ1n) is 4.74. The molecular formula is C11H20N2. The Hall–Kier alpha value is -1.02. The molecule has 0 heterocycles. The van der Waals surface area contributed by atoms with E-state index < -0.39 is 0 Å². The largest absolute Gasteiger partial charge is 0.322 e. The van der Waals surface area contributed by atoms with E-state index in [1.807, 2.05) is 19.2 Å². The zero-order valence-electron chi connectivity index (χ0n) is 9.02. The number of rotatable bonds is 2. The molecular weight excluding hydrogens is 160 g/mol. The maximum atomic E-state index is 2.98. The van der Waals surface area contributed by atoms with E-state index >= 15 is 0 Å². The third-order valence-corrected chi connectivity index (χ3v) is 1.32. The molecule has 0 radical (unpaired) electrons. The van der Waals surface area contributed by atoms with E-state index in [0.29, 0.717) is 0 Å². The summed E-state index contributed by atoms with van der Waals surface area (Å²) >= 11 is 0. The van der Waals surface area contributed by atoms with E-state index in [-0.39, 0.29) is 0 Å². The number of benzene rings is 1. The Morgan fingerprint density at radius 3 is 1.92 bits per heavy atom. The van der Waals surface area contributed by atoms with E-state index in [1.165, 1.54) is 12.0 Å². The van der Waals surface area contributed by atoms with Gasteiger partial charge in [0, 0.05) is 12.7 Å². The third kappa shape index (κ3) is 6.17. The second kappa shape index (κ2) is 7.62. The molecule has 1 aromatic carbocycles. The molecule has 2 N–H and O–H groups in total. The van der Waals surface area contributed by atoms with Gasteiger partial charge in [-0.1, -0.05) is 38.0 Å². The van der Waals surface area contributed by atoms with Gasteiger partial charge in [0.2, 0.25) is 0 Å². The summed E-state index contributed by atoms with van der Waals surface area (Å²) in [4.78, 5) is 0. The Morgan fingerprint density at radius 2 is 1.54 bits per heavy atom. The van der Waals surface area contributed by atoms with Crippen LogP contribution in [0.25, 0.3) is 0 Å². The van der Waals surface area contributed by atoms with Crippen molar-refractivity contribution in [3.63, 3.8) is 0 Å². The summed E-state index contributed by atoms with van der Waals surface area (Å²) < 4.78 is 0. The van der Waals surface area contributed by atoms with Crippen molar-refractivity contribution in [2.75, 3.05) is 12.5 Å². The molecule has 0 saturated carbocycles. The van der Waals surface area contributed by atoms with Crippen molar-refractivity contribution in [3.8, 4) is 0 Å². The van der Waals surface area contributed by atoms with Gasteiger partial charge in [-0.3, -0.25) is 0 Å². The van der Waals surface area contributed by atoms with Crippen molar-refractivity contribution in [2.45, 2.75) is 27.2 Å². The fourth-order valence-corrected chi connectivity index (χ4v) is 0.781. The molecule has 0 unspecified atom stereocenters. The summed E-state index contributed by atoms with van der Waals surface area (Å²) in [6, 6.07) is 8.21. The number of anilines is 1. The van der Waals surface area contributed by atoms with Crippen LogP contribution in [0.15, 0.2) is 24.3 Å². The molecule has 0 aromatic heterocycles. The minimum absolute atomic E-state index is 1.09. The lowest BCUT2D eigenvalue weighted by atomic mass is 10.2. The minimum atomic E-state index is 1.09. The summed E-state index contributed by atoms with van der Waals surface area (Å²) in [6.07, 6.45) is 1.25. The van der Waals surface area contributed by atoms with E-state index in [4.69, 9.17) is 0 Å². The average molecular weight is 180 g/mol. The van der Waals surface area contributed by atoms with Crippen molar-refractivity contribution >= 4 is 5.69 Å². The van der Waals surface area contributed by atoms with E-state index in [2.05, 4.69) is 43.8 Å². The fraction of sp³-hybridized carbons (Fsp3) is 0.455. The normalized spacial score (nSPS) is 8.62. The highest BCUT2D eigenvalue weighted by atomic mass is 15.3. The minimum Gasteiger partial charge on any atom is -0.322 e. The van der Waals surface area contributed by atoms with Crippen molar-refractivity contribution in [1.29, 1.82) is 0 Å². The maximum Gasteiger partial charge on any atom is 0.0487 e. The van der Waals surface area contributed by atoms with Crippen LogP contribution in [0.1, 0.15) is 25.8 Å². The molecule has 2 nitrogen and oxygen atoms in total. The second-order valence-electron chi connectivity index (χ2n) is 2.95. The van der Waals surface area contributed by atoms with E-state index in [0.717, 1.165) is 5.69 Å². The smallest absolute Gasteiger partial charge is 0.0487 e. The molecule has 0 amide bonds. The monoisotopic (exact) mass is 180 g/mol. The SMILES string of the molecule is CCC.CNNc1ccc(C)cc1. The van der Waals surface area contributed by atoms with E-state index in [1.54, 1.807) is 0 Å². The predicted octanol–water partition coefficient (Wildman–Crippen LogP) is 2.96. The molecule has 2 heteroatoms. The van der Waals surface area contributed by atoms with Crippen LogP contribution in [0.4, 0.5) is 5.69 Å². The third-order valence-electron chi connectivity index (χ3n) is 1.32. The van der Waals surface area contributed by atoms with Crippen LogP contribution in [0.5, 0.6) is 0 Å². The van der Waals surface area contributed by atoms with Crippen LogP contribution in [0.2, 0.25) is 0 Å². The zero-order chi connectivity index (χ0) is 10.1. The number of nitrogens with one attached hydrogen (secondary N) is 2. The molecule has 0 bridgehead atoms. The number of hydrogen-bond acceptors (Lipinski definition) is 2. The van der Waals surface area contributed by atoms with Crippen molar-refractivity contribution < 1.29 is 0 Å². The molecule has 0 aliphatic carbocycles. The molecule has 0 aliphatic rings. The second-order valence-corrected chi connectivity index (χ2v) is 2.95. The first-order valence-corrected chi connectivity index (χ1v) is 4.74. The Kier molecular flexibility index (Phi) is 7.02. The number of hydrogen-bond donors (Lipinski definition) is 2. The van der Waals surface area contributed by atoms with Gasteiger partial charge in [-0.25, -0.2) is 5.43 Å². The van der Waals surface area contributed by atoms with Gasteiger partial charge < -0.3 is 5.43 Å². The topological polar surface area (TPSA) is 24.1 Å². The highest BCUT2D eigenvalue weighted by Crippen LogP contribution is 2.06. The molecule has 0 spiro atoms. The Balaban J connectivity index is 0.000000424. The van der Waals surface area contributed by atoms with Crippen LogP contribution >= 0.6 is 0 Å². The lowest BCUT2D eigenvalue weighted by Gasteiger charge is -2.02. The van der Waals surface area contributed by atoms with Gasteiger partial charge in [0.1, 0.15) is 0 Å². The molecule has 1 rings (SSSR count). The van der Waals surface area contributed by atoms with E-state index in [9.17, 15) is 0 Å². The highest BCUT2D eigenvalue weighted by molar-refractivity contribution is 5.43. The average Bonchev–Trinajstić information content (AvgIpc) is 2.11. The Labute approximate surface area is 81.3 Å². The van der Waals surface area contributed by atoms with Crippen LogP contribution < -0.4 is 10.9 Å². The summed E-state index contributed by atoms with van der Waals surface area (Å²) in [6.45, 7) is 6.32. The quantitative estimate of drug-likeness (QED) is 0.684. The lowest BCUT2D eigenvalue weighted by molar-refractivity contribution is 0.984. The van der Waals surface area contributed by atoms with Gasteiger partial charge in [0.15, 0.2) is 0 Å². The zero-order valence-corrected chi connectivity index (χ0v) is 9.02. The van der Waals surface area contributed by atoms with Gasteiger partial charge in [0.25, 0.3) is 0 Å². The molecule has 0 fully saturated rings. The lowest BCUT2D eigenvalue weighted by Crippen LogP contribution is -2.14. The first-order chi connectivity index (χ1) is 6.24. The van der Waals surface area contributed by atoms with Crippen LogP contribution in [0.3, 0.4) is 0 Å². The summed E-state index contributed by atoms with van der Waals surface area (Å²) in [5.41, 5.74) is 8.21. The Morgan fingerprint density at radius 1 is 1.08 bits per heavy atom. The highest BCUT2D eigenvalue weighted by Gasteiger charge is 1.85.